The van der Waals surface area contributed by atoms with Crippen LogP contribution in [0.2, 0.25) is 5.15 Å². The van der Waals surface area contributed by atoms with Crippen LogP contribution in [0.3, 0.4) is 0 Å². The Morgan fingerprint density at radius 2 is 2.00 bits per heavy atom. The molecule has 0 fully saturated rings. The van der Waals surface area contributed by atoms with E-state index >= 15 is 0 Å². The molecule has 0 unspecified atom stereocenters. The van der Waals surface area contributed by atoms with E-state index in [4.69, 9.17) is 16.3 Å². The van der Waals surface area contributed by atoms with E-state index < -0.39 is 10.0 Å². The number of hydrogen-bond donors (Lipinski definition) is 1. The molecular weight excluding hydrogens is 334 g/mol. The fourth-order valence-electron chi connectivity index (χ4n) is 1.30. The molecule has 2 aromatic rings. The molecule has 0 saturated carbocycles. The minimum Gasteiger partial charge on any atom is -0.478 e. The first kappa shape index (κ1) is 17.7. The zero-order chi connectivity index (χ0) is 16.0. The van der Waals surface area contributed by atoms with Crippen molar-refractivity contribution in [3.05, 3.63) is 28.4 Å². The second-order valence-electron chi connectivity index (χ2n) is 3.52. The number of nitrogens with zero attached hydrogens (tertiary/aromatic N) is 2. The van der Waals surface area contributed by atoms with Gasteiger partial charge in [0.15, 0.2) is 5.15 Å². The van der Waals surface area contributed by atoms with Crippen molar-refractivity contribution >= 4 is 38.8 Å². The van der Waals surface area contributed by atoms with Crippen LogP contribution in [0.5, 0.6) is 5.88 Å². The van der Waals surface area contributed by atoms with Crippen LogP contribution >= 0.6 is 22.9 Å². The summed E-state index contributed by atoms with van der Waals surface area (Å²) in [6.07, 6.45) is 1.24. The smallest absolute Gasteiger partial charge is 0.272 e. The lowest BCUT2D eigenvalue weighted by molar-refractivity contribution is 0.398. The summed E-state index contributed by atoms with van der Waals surface area (Å²) >= 11 is 6.82. The van der Waals surface area contributed by atoms with Gasteiger partial charge < -0.3 is 4.74 Å². The van der Waals surface area contributed by atoms with E-state index in [1.807, 2.05) is 20.8 Å². The topological polar surface area (TPSA) is 81.2 Å². The fourth-order valence-corrected chi connectivity index (χ4v) is 3.71. The van der Waals surface area contributed by atoms with Crippen molar-refractivity contribution in [1.82, 2.24) is 9.97 Å². The van der Waals surface area contributed by atoms with Gasteiger partial charge >= 0.3 is 0 Å². The van der Waals surface area contributed by atoms with Gasteiger partial charge in [-0.2, -0.15) is 4.98 Å². The maximum Gasteiger partial charge on any atom is 0.272 e. The van der Waals surface area contributed by atoms with Gasteiger partial charge in [-0.05, 0) is 19.1 Å². The predicted octanol–water partition coefficient (Wildman–Crippen LogP) is 3.34. The number of aromatic nitrogens is 2. The Kier molecular flexibility index (Phi) is 6.38. The summed E-state index contributed by atoms with van der Waals surface area (Å²) in [7, 11) is -2.34. The summed E-state index contributed by atoms with van der Waals surface area (Å²) in [5.74, 6) is 0.0160. The number of hydrogen-bond acceptors (Lipinski definition) is 6. The van der Waals surface area contributed by atoms with Crippen molar-refractivity contribution < 1.29 is 13.2 Å². The van der Waals surface area contributed by atoms with Gasteiger partial charge in [-0.3, -0.25) is 4.72 Å². The first-order chi connectivity index (χ1) is 9.92. The normalized spacial score (nSPS) is 10.5. The third-order valence-electron chi connectivity index (χ3n) is 2.12. The van der Waals surface area contributed by atoms with Gasteiger partial charge in [-0.25, -0.2) is 13.4 Å². The largest absolute Gasteiger partial charge is 0.478 e. The first-order valence-corrected chi connectivity index (χ1v) is 8.76. The van der Waals surface area contributed by atoms with Crippen molar-refractivity contribution in [1.29, 1.82) is 0 Å². The van der Waals surface area contributed by atoms with Crippen LogP contribution in [0.15, 0.2) is 22.5 Å². The number of anilines is 1. The molecule has 0 aliphatic carbocycles. The van der Waals surface area contributed by atoms with E-state index in [1.165, 1.54) is 30.7 Å². The summed E-state index contributed by atoms with van der Waals surface area (Å²) < 4.78 is 31.7. The Morgan fingerprint density at radius 1 is 1.33 bits per heavy atom. The molecule has 21 heavy (non-hydrogen) atoms. The van der Waals surface area contributed by atoms with E-state index in [0.717, 1.165) is 4.88 Å². The molecule has 1 N–H and O–H groups in total. The van der Waals surface area contributed by atoms with Crippen LogP contribution in [-0.4, -0.2) is 25.5 Å². The lowest BCUT2D eigenvalue weighted by Gasteiger charge is -2.08. The quantitative estimate of drug-likeness (QED) is 0.915. The lowest BCUT2D eigenvalue weighted by Crippen LogP contribution is -2.14. The number of methoxy groups -OCH3 is 1. The summed E-state index contributed by atoms with van der Waals surface area (Å²) in [5.41, 5.74) is 0. The van der Waals surface area contributed by atoms with Gasteiger partial charge in [0.05, 0.1) is 13.3 Å². The Bertz CT molecular complexity index is 702. The molecule has 0 bridgehead atoms. The third-order valence-corrected chi connectivity index (χ3v) is 5.13. The zero-order valence-corrected chi connectivity index (χ0v) is 14.4. The van der Waals surface area contributed by atoms with Crippen molar-refractivity contribution in [2.24, 2.45) is 0 Å². The van der Waals surface area contributed by atoms with Crippen LogP contribution in [0.1, 0.15) is 18.7 Å². The second kappa shape index (κ2) is 7.58. The van der Waals surface area contributed by atoms with Crippen LogP contribution in [-0.2, 0) is 10.0 Å². The molecule has 6 nitrogen and oxygen atoms in total. The monoisotopic (exact) mass is 349 g/mol. The average Bonchev–Trinajstić information content (AvgIpc) is 2.90. The highest BCUT2D eigenvalue weighted by atomic mass is 35.5. The number of ether oxygens (including phenoxy) is 1. The molecule has 0 saturated heterocycles. The Labute approximate surface area is 133 Å². The second-order valence-corrected chi connectivity index (χ2v) is 7.11. The van der Waals surface area contributed by atoms with E-state index in [9.17, 15) is 8.42 Å². The molecule has 0 spiro atoms. The molecule has 116 valence electrons. The number of rotatable bonds is 4. The van der Waals surface area contributed by atoms with E-state index in [-0.39, 0.29) is 21.1 Å². The van der Waals surface area contributed by atoms with Gasteiger partial charge in [0.1, 0.15) is 4.21 Å². The zero-order valence-electron chi connectivity index (χ0n) is 12.0. The molecule has 0 amide bonds. The van der Waals surface area contributed by atoms with E-state index in [2.05, 4.69) is 14.7 Å². The number of sulfonamides is 1. The average molecular weight is 350 g/mol. The molecule has 0 atom stereocenters. The van der Waals surface area contributed by atoms with Gasteiger partial charge in [-0.15, -0.1) is 11.3 Å². The summed E-state index contributed by atoms with van der Waals surface area (Å²) in [4.78, 5) is 8.59. The van der Waals surface area contributed by atoms with Crippen LogP contribution in [0.25, 0.3) is 0 Å². The first-order valence-electron chi connectivity index (χ1n) is 6.08. The molecule has 2 aromatic heterocycles. The molecule has 9 heteroatoms. The van der Waals surface area contributed by atoms with Gasteiger partial charge in [0, 0.05) is 4.88 Å². The highest BCUT2D eigenvalue weighted by Gasteiger charge is 2.20. The third kappa shape index (κ3) is 4.55. The summed E-state index contributed by atoms with van der Waals surface area (Å²) in [6.45, 7) is 5.83. The van der Waals surface area contributed by atoms with Gasteiger partial charge in [0.2, 0.25) is 5.82 Å². The maximum absolute atomic E-state index is 12.1. The van der Waals surface area contributed by atoms with Crippen molar-refractivity contribution in [2.75, 3.05) is 11.8 Å². The Morgan fingerprint density at radius 3 is 2.52 bits per heavy atom. The van der Waals surface area contributed by atoms with Gasteiger partial charge in [-0.1, -0.05) is 25.4 Å². The Hall–Kier alpha value is -1.38. The minimum atomic E-state index is -3.70. The van der Waals surface area contributed by atoms with E-state index in [0.29, 0.717) is 0 Å². The van der Waals surface area contributed by atoms with Crippen LogP contribution in [0, 0.1) is 6.92 Å². The predicted molar refractivity (Wildman–Crippen MR) is 84.8 cm³/mol. The molecular formula is C12H16ClN3O3S2. The number of thiophene rings is 1. The molecule has 2 rings (SSSR count). The lowest BCUT2D eigenvalue weighted by atomic mass is 10.5. The van der Waals surface area contributed by atoms with Crippen molar-refractivity contribution in [3.63, 3.8) is 0 Å². The SMILES string of the molecule is CC.COc1nc(Cl)cnc1NS(=O)(=O)c1ccc(C)s1. The minimum absolute atomic E-state index is 0.00190. The fraction of sp³-hybridized carbons (Fsp3) is 0.333. The highest BCUT2D eigenvalue weighted by molar-refractivity contribution is 7.94. The number of aryl methyl sites for hydroxylation is 1. The Balaban J connectivity index is 0.00000106. The molecule has 0 aliphatic rings. The van der Waals surface area contributed by atoms with Crippen molar-refractivity contribution in [3.8, 4) is 5.88 Å². The van der Waals surface area contributed by atoms with E-state index in [1.54, 1.807) is 6.07 Å². The van der Waals surface area contributed by atoms with Crippen LogP contribution in [0.4, 0.5) is 5.82 Å². The molecule has 0 aromatic carbocycles. The number of nitrogens with one attached hydrogen (secondary N) is 1. The molecule has 0 aliphatic heterocycles. The molecule has 0 radical (unpaired) electrons. The summed E-state index contributed by atoms with van der Waals surface area (Å²) in [5, 5.41) is 0.117. The van der Waals surface area contributed by atoms with Crippen LogP contribution < -0.4 is 9.46 Å². The molecule has 2 heterocycles. The van der Waals surface area contributed by atoms with Crippen molar-refractivity contribution in [2.45, 2.75) is 25.0 Å². The summed E-state index contributed by atoms with van der Waals surface area (Å²) in [6, 6.07) is 3.25. The standard InChI is InChI=1S/C10H10ClN3O3S2.C2H6/c1-6-3-4-8(18-6)19(15,16)14-9-10(17-2)13-7(11)5-12-9;1-2/h3-5H,1-2H3,(H,12,14);1-2H3. The maximum atomic E-state index is 12.1. The van der Waals surface area contributed by atoms with Gasteiger partial charge in [0.25, 0.3) is 15.9 Å². The highest BCUT2D eigenvalue weighted by Crippen LogP contribution is 2.26. The number of halogens is 1.